The van der Waals surface area contributed by atoms with E-state index in [1.807, 2.05) is 12.1 Å². The van der Waals surface area contributed by atoms with E-state index >= 15 is 0 Å². The molecule has 3 heteroatoms. The number of aromatic carboxylic acids is 1. The molecule has 1 aromatic carbocycles. The minimum Gasteiger partial charge on any atom is -0.478 e. The van der Waals surface area contributed by atoms with E-state index in [-0.39, 0.29) is 0 Å². The lowest BCUT2D eigenvalue weighted by Gasteiger charge is -2.27. The van der Waals surface area contributed by atoms with E-state index in [0.29, 0.717) is 11.0 Å². The molecule has 19 heavy (non-hydrogen) atoms. The van der Waals surface area contributed by atoms with Gasteiger partial charge in [0.15, 0.2) is 0 Å². The van der Waals surface area contributed by atoms with Crippen LogP contribution in [-0.4, -0.2) is 17.6 Å². The number of rotatable bonds is 6. The second-order valence-corrected chi connectivity index (χ2v) is 5.67. The van der Waals surface area contributed by atoms with Crippen LogP contribution in [0.2, 0.25) is 0 Å². The summed E-state index contributed by atoms with van der Waals surface area (Å²) < 4.78 is 0. The van der Waals surface area contributed by atoms with Crippen molar-refractivity contribution in [3.8, 4) is 0 Å². The van der Waals surface area contributed by atoms with Crippen molar-refractivity contribution in [2.45, 2.75) is 45.6 Å². The van der Waals surface area contributed by atoms with Crippen LogP contribution in [0, 0.1) is 5.41 Å². The van der Waals surface area contributed by atoms with Crippen LogP contribution in [0.25, 0.3) is 0 Å². The number of nitrogens with one attached hydrogen (secondary N) is 1. The van der Waals surface area contributed by atoms with Gasteiger partial charge in [0.1, 0.15) is 0 Å². The van der Waals surface area contributed by atoms with Gasteiger partial charge in [-0.05, 0) is 42.4 Å². The standard InChI is InChI=1S/C16H23NO2/c1-2-16(8-3-4-9-16)12-17-11-13-6-5-7-14(10-13)15(18)19/h5-7,10,17H,2-4,8-9,11-12H2,1H3,(H,18,19). The summed E-state index contributed by atoms with van der Waals surface area (Å²) >= 11 is 0. The molecule has 2 N–H and O–H groups in total. The van der Waals surface area contributed by atoms with Crippen LogP contribution in [0.1, 0.15) is 54.9 Å². The van der Waals surface area contributed by atoms with Crippen molar-refractivity contribution >= 4 is 5.97 Å². The average Bonchev–Trinajstić information content (AvgIpc) is 2.88. The molecule has 1 aliphatic rings. The largest absolute Gasteiger partial charge is 0.478 e. The fourth-order valence-electron chi connectivity index (χ4n) is 3.07. The Bertz CT molecular complexity index is 436. The molecule has 1 aromatic rings. The first-order valence-electron chi connectivity index (χ1n) is 7.18. The summed E-state index contributed by atoms with van der Waals surface area (Å²) in [5.74, 6) is -0.859. The van der Waals surface area contributed by atoms with E-state index in [1.54, 1.807) is 12.1 Å². The molecule has 0 aromatic heterocycles. The predicted octanol–water partition coefficient (Wildman–Crippen LogP) is 3.44. The number of carboxylic acids is 1. The third-order valence-corrected chi connectivity index (χ3v) is 4.42. The number of hydrogen-bond donors (Lipinski definition) is 2. The molecule has 0 bridgehead atoms. The Balaban J connectivity index is 1.88. The minimum atomic E-state index is -0.859. The van der Waals surface area contributed by atoms with Gasteiger partial charge >= 0.3 is 5.97 Å². The molecule has 0 saturated heterocycles. The smallest absolute Gasteiger partial charge is 0.335 e. The maximum Gasteiger partial charge on any atom is 0.335 e. The normalized spacial score (nSPS) is 17.5. The Kier molecular flexibility index (Phi) is 4.59. The number of benzene rings is 1. The molecule has 3 nitrogen and oxygen atoms in total. The van der Waals surface area contributed by atoms with E-state index in [2.05, 4.69) is 12.2 Å². The van der Waals surface area contributed by atoms with Crippen LogP contribution in [0.15, 0.2) is 24.3 Å². The van der Waals surface area contributed by atoms with Gasteiger partial charge < -0.3 is 10.4 Å². The van der Waals surface area contributed by atoms with Crippen molar-refractivity contribution < 1.29 is 9.90 Å². The second-order valence-electron chi connectivity index (χ2n) is 5.67. The van der Waals surface area contributed by atoms with Gasteiger partial charge in [-0.25, -0.2) is 4.79 Å². The van der Waals surface area contributed by atoms with Crippen molar-refractivity contribution in [2.75, 3.05) is 6.54 Å². The molecular weight excluding hydrogens is 238 g/mol. The van der Waals surface area contributed by atoms with Crippen LogP contribution in [-0.2, 0) is 6.54 Å². The fraction of sp³-hybridized carbons (Fsp3) is 0.562. The Hall–Kier alpha value is -1.35. The van der Waals surface area contributed by atoms with E-state index in [0.717, 1.165) is 18.7 Å². The van der Waals surface area contributed by atoms with Gasteiger partial charge in [0.25, 0.3) is 0 Å². The molecule has 1 fully saturated rings. The minimum absolute atomic E-state index is 0.366. The van der Waals surface area contributed by atoms with Gasteiger partial charge in [0, 0.05) is 13.1 Å². The van der Waals surface area contributed by atoms with Gasteiger partial charge in [-0.1, -0.05) is 31.9 Å². The lowest BCUT2D eigenvalue weighted by atomic mass is 9.83. The van der Waals surface area contributed by atoms with Crippen molar-refractivity contribution in [3.05, 3.63) is 35.4 Å². The zero-order chi connectivity index (χ0) is 13.7. The average molecular weight is 261 g/mol. The Morgan fingerprint density at radius 2 is 2.11 bits per heavy atom. The molecule has 0 heterocycles. The number of hydrogen-bond acceptors (Lipinski definition) is 2. The van der Waals surface area contributed by atoms with Gasteiger partial charge in [0.2, 0.25) is 0 Å². The van der Waals surface area contributed by atoms with Gasteiger partial charge in [-0.15, -0.1) is 0 Å². The molecule has 0 unspecified atom stereocenters. The van der Waals surface area contributed by atoms with Crippen molar-refractivity contribution in [3.63, 3.8) is 0 Å². The lowest BCUT2D eigenvalue weighted by molar-refractivity contribution is 0.0696. The van der Waals surface area contributed by atoms with Crippen LogP contribution in [0.4, 0.5) is 0 Å². The highest BCUT2D eigenvalue weighted by Crippen LogP contribution is 2.40. The molecule has 0 atom stereocenters. The van der Waals surface area contributed by atoms with Gasteiger partial charge in [-0.2, -0.15) is 0 Å². The predicted molar refractivity (Wildman–Crippen MR) is 76.3 cm³/mol. The summed E-state index contributed by atoms with van der Waals surface area (Å²) in [6, 6.07) is 7.18. The van der Waals surface area contributed by atoms with Crippen molar-refractivity contribution in [1.29, 1.82) is 0 Å². The zero-order valence-electron chi connectivity index (χ0n) is 11.6. The summed E-state index contributed by atoms with van der Waals surface area (Å²) in [5.41, 5.74) is 1.89. The second kappa shape index (κ2) is 6.20. The third-order valence-electron chi connectivity index (χ3n) is 4.42. The summed E-state index contributed by atoms with van der Waals surface area (Å²) in [4.78, 5) is 10.9. The number of carboxylic acid groups (broad SMARTS) is 1. The highest BCUT2D eigenvalue weighted by Gasteiger charge is 2.31. The van der Waals surface area contributed by atoms with Crippen LogP contribution in [0.5, 0.6) is 0 Å². The Labute approximate surface area is 115 Å². The first kappa shape index (κ1) is 14.1. The molecule has 104 valence electrons. The molecule has 1 saturated carbocycles. The van der Waals surface area contributed by atoms with Crippen molar-refractivity contribution in [2.24, 2.45) is 5.41 Å². The van der Waals surface area contributed by atoms with E-state index in [1.165, 1.54) is 32.1 Å². The monoisotopic (exact) mass is 261 g/mol. The topological polar surface area (TPSA) is 49.3 Å². The van der Waals surface area contributed by atoms with E-state index in [9.17, 15) is 4.79 Å². The maximum atomic E-state index is 10.9. The summed E-state index contributed by atoms with van der Waals surface area (Å²) in [7, 11) is 0. The molecular formula is C16H23NO2. The molecule has 0 aliphatic heterocycles. The van der Waals surface area contributed by atoms with Crippen LogP contribution in [0.3, 0.4) is 0 Å². The first-order valence-corrected chi connectivity index (χ1v) is 7.18. The molecule has 0 amide bonds. The quantitative estimate of drug-likeness (QED) is 0.824. The van der Waals surface area contributed by atoms with Crippen LogP contribution < -0.4 is 5.32 Å². The lowest BCUT2D eigenvalue weighted by Crippen LogP contribution is -2.31. The molecule has 2 rings (SSSR count). The maximum absolute atomic E-state index is 10.9. The van der Waals surface area contributed by atoms with Crippen molar-refractivity contribution in [1.82, 2.24) is 5.32 Å². The van der Waals surface area contributed by atoms with Gasteiger partial charge in [-0.3, -0.25) is 0 Å². The van der Waals surface area contributed by atoms with E-state index in [4.69, 9.17) is 5.11 Å². The molecule has 1 aliphatic carbocycles. The zero-order valence-corrected chi connectivity index (χ0v) is 11.6. The first-order chi connectivity index (χ1) is 9.15. The fourth-order valence-corrected chi connectivity index (χ4v) is 3.07. The molecule has 0 spiro atoms. The summed E-state index contributed by atoms with van der Waals surface area (Å²) in [5, 5.41) is 12.5. The molecule has 0 radical (unpaired) electrons. The highest BCUT2D eigenvalue weighted by molar-refractivity contribution is 5.87. The van der Waals surface area contributed by atoms with E-state index < -0.39 is 5.97 Å². The highest BCUT2D eigenvalue weighted by atomic mass is 16.4. The van der Waals surface area contributed by atoms with Crippen LogP contribution >= 0.6 is 0 Å². The summed E-state index contributed by atoms with van der Waals surface area (Å²) in [6.45, 7) is 4.07. The van der Waals surface area contributed by atoms with Gasteiger partial charge in [0.05, 0.1) is 5.56 Å². The third kappa shape index (κ3) is 3.57. The summed E-state index contributed by atoms with van der Waals surface area (Å²) in [6.07, 6.45) is 6.58. The SMILES string of the molecule is CCC1(CNCc2cccc(C(=O)O)c2)CCCC1. The number of carbonyl (C=O) groups is 1. The Morgan fingerprint density at radius 1 is 1.37 bits per heavy atom. The Morgan fingerprint density at radius 3 is 2.74 bits per heavy atom.